The van der Waals surface area contributed by atoms with Crippen LogP contribution in [-0.2, 0) is 4.79 Å². The van der Waals surface area contributed by atoms with Crippen LogP contribution in [0.2, 0.25) is 0 Å². The summed E-state index contributed by atoms with van der Waals surface area (Å²) in [5.74, 6) is 0.753. The number of carbonyl (C=O) groups is 1. The minimum atomic E-state index is -1.74. The molecule has 21 heavy (non-hydrogen) atoms. The molecular formula is C12H14Cl3N3O2S. The van der Waals surface area contributed by atoms with E-state index >= 15 is 0 Å². The fourth-order valence-electron chi connectivity index (χ4n) is 1.39. The van der Waals surface area contributed by atoms with E-state index in [4.69, 9.17) is 51.8 Å². The fourth-order valence-corrected chi connectivity index (χ4v) is 1.97. The molecule has 1 rings (SSSR count). The second-order valence-corrected chi connectivity index (χ2v) is 6.59. The van der Waals surface area contributed by atoms with Crippen LogP contribution in [0.4, 0.5) is 5.69 Å². The molecule has 5 nitrogen and oxygen atoms in total. The largest absolute Gasteiger partial charge is 0.494 e. The Balaban J connectivity index is 2.61. The van der Waals surface area contributed by atoms with Crippen molar-refractivity contribution in [3.05, 3.63) is 24.3 Å². The van der Waals surface area contributed by atoms with Gasteiger partial charge in [0.1, 0.15) is 11.9 Å². The molecule has 1 aromatic rings. The lowest BCUT2D eigenvalue weighted by molar-refractivity contribution is -0.110. The van der Waals surface area contributed by atoms with Crippen molar-refractivity contribution >= 4 is 64.2 Å². The Morgan fingerprint density at radius 1 is 1.38 bits per heavy atom. The molecule has 3 N–H and O–H groups in total. The number of alkyl halides is 3. The summed E-state index contributed by atoms with van der Waals surface area (Å²) in [7, 11) is 0. The predicted octanol–water partition coefficient (Wildman–Crippen LogP) is 2.81. The van der Waals surface area contributed by atoms with Gasteiger partial charge in [0.15, 0.2) is 5.11 Å². The highest BCUT2D eigenvalue weighted by molar-refractivity contribution is 7.80. The van der Waals surface area contributed by atoms with Gasteiger partial charge in [0.25, 0.3) is 0 Å². The predicted molar refractivity (Wildman–Crippen MR) is 90.2 cm³/mol. The highest BCUT2D eigenvalue weighted by Gasteiger charge is 2.32. The molecule has 0 saturated carbocycles. The third-order valence-electron chi connectivity index (χ3n) is 2.26. The molecule has 0 spiro atoms. The summed E-state index contributed by atoms with van der Waals surface area (Å²) in [4.78, 5) is 10.5. The van der Waals surface area contributed by atoms with Gasteiger partial charge >= 0.3 is 0 Å². The summed E-state index contributed by atoms with van der Waals surface area (Å²) in [6.07, 6.45) is -0.540. The van der Waals surface area contributed by atoms with Crippen LogP contribution in [0.15, 0.2) is 24.3 Å². The maximum absolute atomic E-state index is 10.5. The first-order chi connectivity index (χ1) is 9.86. The van der Waals surface area contributed by atoms with Gasteiger partial charge in [0.05, 0.1) is 6.61 Å². The van der Waals surface area contributed by atoms with E-state index in [9.17, 15) is 4.79 Å². The third-order valence-corrected chi connectivity index (χ3v) is 3.14. The van der Waals surface area contributed by atoms with Crippen LogP contribution < -0.4 is 20.7 Å². The van der Waals surface area contributed by atoms with E-state index < -0.39 is 9.96 Å². The highest BCUT2D eigenvalue weighted by atomic mass is 35.6. The Bertz CT molecular complexity index is 480. The van der Waals surface area contributed by atoms with E-state index in [2.05, 4.69) is 16.0 Å². The number of anilines is 1. The van der Waals surface area contributed by atoms with Gasteiger partial charge in [-0.15, -0.1) is 0 Å². The van der Waals surface area contributed by atoms with Gasteiger partial charge in [-0.1, -0.05) is 34.8 Å². The minimum absolute atomic E-state index is 0.199. The summed E-state index contributed by atoms with van der Waals surface area (Å²) in [6.45, 7) is 2.50. The molecule has 1 unspecified atom stereocenters. The monoisotopic (exact) mass is 369 g/mol. The summed E-state index contributed by atoms with van der Waals surface area (Å²) >= 11 is 22.3. The molecule has 116 valence electrons. The van der Waals surface area contributed by atoms with Crippen molar-refractivity contribution < 1.29 is 9.53 Å². The highest BCUT2D eigenvalue weighted by Crippen LogP contribution is 2.28. The van der Waals surface area contributed by atoms with Crippen LogP contribution in [0.1, 0.15) is 6.92 Å². The summed E-state index contributed by atoms with van der Waals surface area (Å²) in [5, 5.41) is 8.13. The minimum Gasteiger partial charge on any atom is -0.494 e. The van der Waals surface area contributed by atoms with Gasteiger partial charge in [-0.25, -0.2) is 0 Å². The SMILES string of the molecule is CCOc1ccc(NC(=S)NC(NC=O)C(Cl)(Cl)Cl)cc1. The van der Waals surface area contributed by atoms with Crippen LogP contribution in [0.25, 0.3) is 0 Å². The standard InChI is InChI=1S/C12H14Cl3N3O2S/c1-2-20-9-5-3-8(4-6-9)17-11(21)18-10(16-7-19)12(13,14)15/h3-7,10H,2H2,1H3,(H,16,19)(H2,17,18,21). The molecule has 0 aliphatic rings. The molecular weight excluding hydrogens is 357 g/mol. The van der Waals surface area contributed by atoms with Crippen LogP contribution in [0.5, 0.6) is 5.75 Å². The second kappa shape index (κ2) is 8.48. The molecule has 0 saturated heterocycles. The first-order valence-corrected chi connectivity index (χ1v) is 7.47. The summed E-state index contributed by atoms with van der Waals surface area (Å²) < 4.78 is 3.58. The quantitative estimate of drug-likeness (QED) is 0.311. The average molecular weight is 371 g/mol. The van der Waals surface area contributed by atoms with Crippen LogP contribution in [-0.4, -0.2) is 28.1 Å². The Morgan fingerprint density at radius 2 is 2.00 bits per heavy atom. The Hall–Kier alpha value is -0.950. The number of amides is 1. The number of halogens is 3. The molecule has 0 aliphatic heterocycles. The number of hydrogen-bond acceptors (Lipinski definition) is 3. The van der Waals surface area contributed by atoms with Crippen molar-refractivity contribution in [3.63, 3.8) is 0 Å². The topological polar surface area (TPSA) is 62.4 Å². The summed E-state index contributed by atoms with van der Waals surface area (Å²) in [5.41, 5.74) is 0.727. The molecule has 0 fully saturated rings. The number of benzene rings is 1. The van der Waals surface area contributed by atoms with Crippen molar-refractivity contribution in [2.75, 3.05) is 11.9 Å². The second-order valence-electron chi connectivity index (χ2n) is 3.81. The van der Waals surface area contributed by atoms with Crippen molar-refractivity contribution in [1.82, 2.24) is 10.6 Å². The van der Waals surface area contributed by atoms with E-state index in [0.717, 1.165) is 11.4 Å². The number of hydrogen-bond donors (Lipinski definition) is 3. The number of rotatable bonds is 6. The smallest absolute Gasteiger partial charge is 0.228 e. The van der Waals surface area contributed by atoms with Gasteiger partial charge in [-0.2, -0.15) is 0 Å². The van der Waals surface area contributed by atoms with Gasteiger partial charge < -0.3 is 20.7 Å². The Kier molecular flexibility index (Phi) is 7.31. The molecule has 1 amide bonds. The number of nitrogens with one attached hydrogen (secondary N) is 3. The van der Waals surface area contributed by atoms with Crippen LogP contribution >= 0.6 is 47.0 Å². The van der Waals surface area contributed by atoms with Crippen molar-refractivity contribution in [2.24, 2.45) is 0 Å². The zero-order valence-corrected chi connectivity index (χ0v) is 14.1. The molecule has 0 aliphatic carbocycles. The lowest BCUT2D eigenvalue weighted by atomic mass is 10.3. The zero-order chi connectivity index (χ0) is 15.9. The molecule has 9 heteroatoms. The van der Waals surface area contributed by atoms with E-state index in [-0.39, 0.29) is 5.11 Å². The van der Waals surface area contributed by atoms with Crippen molar-refractivity contribution in [2.45, 2.75) is 16.9 Å². The van der Waals surface area contributed by atoms with Crippen molar-refractivity contribution in [3.8, 4) is 5.75 Å². The molecule has 0 aromatic heterocycles. The number of carbonyl (C=O) groups excluding carboxylic acids is 1. The van der Waals surface area contributed by atoms with Crippen LogP contribution in [0.3, 0.4) is 0 Å². The third kappa shape index (κ3) is 6.56. The Morgan fingerprint density at radius 3 is 2.48 bits per heavy atom. The molecule has 1 atom stereocenters. The molecule has 1 aromatic carbocycles. The lowest BCUT2D eigenvalue weighted by Gasteiger charge is -2.26. The van der Waals surface area contributed by atoms with Gasteiger partial charge in [0.2, 0.25) is 10.2 Å². The van der Waals surface area contributed by atoms with Crippen molar-refractivity contribution in [1.29, 1.82) is 0 Å². The zero-order valence-electron chi connectivity index (χ0n) is 11.0. The average Bonchev–Trinajstić information content (AvgIpc) is 2.40. The normalized spacial score (nSPS) is 12.2. The number of ether oxygens (including phenoxy) is 1. The lowest BCUT2D eigenvalue weighted by Crippen LogP contribution is -2.53. The number of thiocarbonyl (C=S) groups is 1. The van der Waals surface area contributed by atoms with E-state index in [1.165, 1.54) is 0 Å². The molecule has 0 radical (unpaired) electrons. The van der Waals surface area contributed by atoms with E-state index in [1.54, 1.807) is 24.3 Å². The summed E-state index contributed by atoms with van der Waals surface area (Å²) in [6, 6.07) is 7.17. The maximum Gasteiger partial charge on any atom is 0.228 e. The first kappa shape index (κ1) is 18.1. The fraction of sp³-hybridized carbons (Fsp3) is 0.333. The van der Waals surface area contributed by atoms with Gasteiger partial charge in [-0.3, -0.25) is 4.79 Å². The van der Waals surface area contributed by atoms with E-state index in [1.807, 2.05) is 6.92 Å². The van der Waals surface area contributed by atoms with Gasteiger partial charge in [0, 0.05) is 5.69 Å². The Labute approximate surface area is 143 Å². The molecule has 0 bridgehead atoms. The van der Waals surface area contributed by atoms with Gasteiger partial charge in [-0.05, 0) is 43.4 Å². The first-order valence-electron chi connectivity index (χ1n) is 5.93. The maximum atomic E-state index is 10.5. The van der Waals surface area contributed by atoms with E-state index in [0.29, 0.717) is 13.0 Å². The van der Waals surface area contributed by atoms with Crippen LogP contribution in [0, 0.1) is 0 Å². The molecule has 0 heterocycles.